The molecule has 0 aromatic carbocycles. The van der Waals surface area contributed by atoms with Gasteiger partial charge in [-0.2, -0.15) is 0 Å². The average molecular weight is 289 g/mol. The van der Waals surface area contributed by atoms with Gasteiger partial charge in [0.05, 0.1) is 11.8 Å². The Labute approximate surface area is 125 Å². The van der Waals surface area contributed by atoms with Crippen LogP contribution in [0.25, 0.3) is 0 Å². The highest BCUT2D eigenvalue weighted by molar-refractivity contribution is 5.94. The minimum atomic E-state index is -0.00970. The Hall–Kier alpha value is -1.62. The highest BCUT2D eigenvalue weighted by Gasteiger charge is 2.26. The molecule has 1 N–H and O–H groups in total. The van der Waals surface area contributed by atoms with Gasteiger partial charge in [-0.05, 0) is 50.8 Å². The van der Waals surface area contributed by atoms with Crippen LogP contribution in [-0.2, 0) is 0 Å². The molecule has 5 nitrogen and oxygen atoms in total. The Balaban J connectivity index is 1.61. The van der Waals surface area contributed by atoms with Crippen LogP contribution in [0.1, 0.15) is 36.0 Å². The number of piperidine rings is 1. The summed E-state index contributed by atoms with van der Waals surface area (Å²) >= 11 is 0. The van der Waals surface area contributed by atoms with Gasteiger partial charge in [0.15, 0.2) is 0 Å². The largest absolute Gasteiger partial charge is 0.506 e. The minimum Gasteiger partial charge on any atom is -0.506 e. The summed E-state index contributed by atoms with van der Waals surface area (Å²) in [6.07, 6.45) is 7.78. The summed E-state index contributed by atoms with van der Waals surface area (Å²) in [6, 6.07) is 1.50. The molecule has 3 rings (SSSR count). The van der Waals surface area contributed by atoms with E-state index in [0.717, 1.165) is 26.1 Å². The first-order valence-corrected chi connectivity index (χ1v) is 7.88. The second kappa shape index (κ2) is 6.43. The third kappa shape index (κ3) is 3.53. The predicted molar refractivity (Wildman–Crippen MR) is 80.2 cm³/mol. The van der Waals surface area contributed by atoms with Gasteiger partial charge >= 0.3 is 0 Å². The number of nitrogens with zero attached hydrogens (tertiary/aromatic N) is 3. The van der Waals surface area contributed by atoms with Crippen LogP contribution in [0.15, 0.2) is 18.5 Å². The lowest BCUT2D eigenvalue weighted by Crippen LogP contribution is -2.43. The van der Waals surface area contributed by atoms with Crippen LogP contribution in [-0.4, -0.2) is 58.5 Å². The van der Waals surface area contributed by atoms with Gasteiger partial charge in [-0.25, -0.2) is 0 Å². The highest BCUT2D eigenvalue weighted by Crippen LogP contribution is 2.22. The highest BCUT2D eigenvalue weighted by atomic mass is 16.3. The number of rotatable bonds is 3. The van der Waals surface area contributed by atoms with E-state index in [9.17, 15) is 9.90 Å². The molecular weight excluding hydrogens is 266 g/mol. The van der Waals surface area contributed by atoms with Crippen molar-refractivity contribution < 1.29 is 9.90 Å². The number of carbonyl (C=O) groups is 1. The Bertz CT molecular complexity index is 500. The third-order valence-corrected chi connectivity index (χ3v) is 4.49. The molecule has 21 heavy (non-hydrogen) atoms. The van der Waals surface area contributed by atoms with E-state index in [0.29, 0.717) is 11.5 Å². The van der Waals surface area contributed by atoms with Crippen molar-refractivity contribution in [2.24, 2.45) is 5.92 Å². The smallest absolute Gasteiger partial charge is 0.255 e. The summed E-state index contributed by atoms with van der Waals surface area (Å²) in [5, 5.41) is 9.46. The van der Waals surface area contributed by atoms with E-state index in [1.807, 2.05) is 4.90 Å². The van der Waals surface area contributed by atoms with E-state index >= 15 is 0 Å². The van der Waals surface area contributed by atoms with Gasteiger partial charge in [0, 0.05) is 25.8 Å². The third-order valence-electron chi connectivity index (χ3n) is 4.49. The fourth-order valence-corrected chi connectivity index (χ4v) is 3.46. The molecule has 2 aliphatic rings. The normalized spacial score (nSPS) is 23.4. The molecule has 5 heteroatoms. The van der Waals surface area contributed by atoms with Gasteiger partial charge < -0.3 is 14.9 Å². The lowest BCUT2D eigenvalue weighted by Gasteiger charge is -2.34. The second-order valence-corrected chi connectivity index (χ2v) is 6.20. The number of hydrogen-bond acceptors (Lipinski definition) is 4. The molecule has 1 aromatic rings. The molecule has 0 aliphatic carbocycles. The Morgan fingerprint density at radius 1 is 1.24 bits per heavy atom. The molecule has 2 fully saturated rings. The molecule has 0 bridgehead atoms. The zero-order valence-electron chi connectivity index (χ0n) is 12.4. The number of likely N-dealkylation sites (tertiary alicyclic amines) is 2. The molecule has 2 aliphatic heterocycles. The topological polar surface area (TPSA) is 56.7 Å². The first-order chi connectivity index (χ1) is 10.2. The van der Waals surface area contributed by atoms with E-state index in [-0.39, 0.29) is 11.7 Å². The molecule has 1 amide bonds. The summed E-state index contributed by atoms with van der Waals surface area (Å²) in [6.45, 7) is 5.17. The predicted octanol–water partition coefficient (Wildman–Crippen LogP) is 1.74. The van der Waals surface area contributed by atoms with Gasteiger partial charge in [-0.15, -0.1) is 0 Å². The molecule has 3 heterocycles. The number of aromatic nitrogens is 1. The van der Waals surface area contributed by atoms with Crippen molar-refractivity contribution in [3.05, 3.63) is 24.0 Å². The standard InChI is InChI=1S/C16H23N3O2/c20-15-8-14(9-17-10-15)16(21)19-7-3-4-13(12-19)11-18-5-1-2-6-18/h8-10,13,20H,1-7,11-12H2/t13-/m0/s1. The Kier molecular flexibility index (Phi) is 4.39. The quantitative estimate of drug-likeness (QED) is 0.921. The fraction of sp³-hybridized carbons (Fsp3) is 0.625. The van der Waals surface area contributed by atoms with Crippen molar-refractivity contribution in [2.75, 3.05) is 32.7 Å². The minimum absolute atomic E-state index is 0.00970. The van der Waals surface area contributed by atoms with E-state index in [1.54, 1.807) is 0 Å². The first kappa shape index (κ1) is 14.3. The Morgan fingerprint density at radius 3 is 2.81 bits per heavy atom. The van der Waals surface area contributed by atoms with Crippen molar-refractivity contribution >= 4 is 5.91 Å². The van der Waals surface area contributed by atoms with Crippen LogP contribution < -0.4 is 0 Å². The molecular formula is C16H23N3O2. The van der Waals surface area contributed by atoms with Gasteiger partial charge in [-0.1, -0.05) is 0 Å². The molecule has 0 spiro atoms. The fourth-order valence-electron chi connectivity index (χ4n) is 3.46. The maximum atomic E-state index is 12.5. The van der Waals surface area contributed by atoms with Crippen molar-refractivity contribution in [3.63, 3.8) is 0 Å². The number of amides is 1. The number of pyridine rings is 1. The molecule has 2 saturated heterocycles. The van der Waals surface area contributed by atoms with Crippen molar-refractivity contribution in [1.82, 2.24) is 14.8 Å². The summed E-state index contributed by atoms with van der Waals surface area (Å²) < 4.78 is 0. The molecule has 1 atom stereocenters. The SMILES string of the molecule is O=C(c1cncc(O)c1)N1CCC[C@@H](CN2CCCC2)C1. The Morgan fingerprint density at radius 2 is 2.05 bits per heavy atom. The summed E-state index contributed by atoms with van der Waals surface area (Å²) in [7, 11) is 0. The number of hydrogen-bond donors (Lipinski definition) is 1. The van der Waals surface area contributed by atoms with Crippen LogP contribution in [0.2, 0.25) is 0 Å². The first-order valence-electron chi connectivity index (χ1n) is 7.88. The number of carbonyl (C=O) groups excluding carboxylic acids is 1. The zero-order valence-corrected chi connectivity index (χ0v) is 12.4. The van der Waals surface area contributed by atoms with Gasteiger partial charge in [0.1, 0.15) is 5.75 Å². The van der Waals surface area contributed by atoms with Crippen LogP contribution >= 0.6 is 0 Å². The van der Waals surface area contributed by atoms with Crippen LogP contribution in [0.3, 0.4) is 0 Å². The lowest BCUT2D eigenvalue weighted by molar-refractivity contribution is 0.0647. The average Bonchev–Trinajstić information content (AvgIpc) is 3.00. The maximum absolute atomic E-state index is 12.5. The molecule has 0 saturated carbocycles. The molecule has 1 aromatic heterocycles. The molecule has 0 unspecified atom stereocenters. The van der Waals surface area contributed by atoms with Crippen LogP contribution in [0.4, 0.5) is 0 Å². The lowest BCUT2D eigenvalue weighted by atomic mass is 9.97. The number of aromatic hydroxyl groups is 1. The van der Waals surface area contributed by atoms with E-state index < -0.39 is 0 Å². The maximum Gasteiger partial charge on any atom is 0.255 e. The van der Waals surface area contributed by atoms with Crippen molar-refractivity contribution in [1.29, 1.82) is 0 Å². The molecule has 0 radical (unpaired) electrons. The zero-order chi connectivity index (χ0) is 14.7. The van der Waals surface area contributed by atoms with E-state index in [1.165, 1.54) is 50.8 Å². The van der Waals surface area contributed by atoms with Crippen molar-refractivity contribution in [3.8, 4) is 5.75 Å². The van der Waals surface area contributed by atoms with Gasteiger partial charge in [0.2, 0.25) is 0 Å². The van der Waals surface area contributed by atoms with Gasteiger partial charge in [-0.3, -0.25) is 9.78 Å². The van der Waals surface area contributed by atoms with Gasteiger partial charge in [0.25, 0.3) is 5.91 Å². The molecule has 114 valence electrons. The summed E-state index contributed by atoms with van der Waals surface area (Å²) in [5.41, 5.74) is 0.483. The second-order valence-electron chi connectivity index (χ2n) is 6.20. The van der Waals surface area contributed by atoms with Crippen molar-refractivity contribution in [2.45, 2.75) is 25.7 Å². The summed E-state index contributed by atoms with van der Waals surface area (Å²) in [4.78, 5) is 20.8. The monoisotopic (exact) mass is 289 g/mol. The van der Waals surface area contributed by atoms with E-state index in [4.69, 9.17) is 0 Å². The van der Waals surface area contributed by atoms with Crippen LogP contribution in [0.5, 0.6) is 5.75 Å². The van der Waals surface area contributed by atoms with E-state index in [2.05, 4.69) is 9.88 Å². The summed E-state index contributed by atoms with van der Waals surface area (Å²) in [5.74, 6) is 0.613. The van der Waals surface area contributed by atoms with Crippen LogP contribution in [0, 0.1) is 5.92 Å².